The molecule has 2 bridgehead atoms. The van der Waals surface area contributed by atoms with Crippen molar-refractivity contribution in [3.8, 4) is 0 Å². The third-order valence-electron chi connectivity index (χ3n) is 7.09. The lowest BCUT2D eigenvalue weighted by Crippen LogP contribution is -2.53. The fourth-order valence-electron chi connectivity index (χ4n) is 5.63. The van der Waals surface area contributed by atoms with Gasteiger partial charge in [0.25, 0.3) is 11.5 Å². The topological polar surface area (TPSA) is 121 Å². The SMILES string of the molecule is CC(C)n1c(=O)c(C(=O)N[C@@H]2C[C@H]3CC[C@@H](C2)N3C[C@@H](O)CNCS(C)(=O)=O)cc2ccccc21. The Hall–Kier alpha value is -2.27. The maximum absolute atomic E-state index is 13.2. The number of hydrogen-bond acceptors (Lipinski definition) is 7. The minimum atomic E-state index is -3.13. The van der Waals surface area contributed by atoms with Crippen molar-refractivity contribution < 1.29 is 18.3 Å². The number of fused-ring (bicyclic) bond motifs is 3. The highest BCUT2D eigenvalue weighted by molar-refractivity contribution is 7.90. The van der Waals surface area contributed by atoms with Gasteiger partial charge in [-0.2, -0.15) is 0 Å². The summed E-state index contributed by atoms with van der Waals surface area (Å²) >= 11 is 0. The fourth-order valence-corrected chi connectivity index (χ4v) is 6.12. The van der Waals surface area contributed by atoms with Crippen molar-refractivity contribution >= 4 is 26.6 Å². The number of aliphatic hydroxyl groups is 1. The Kier molecular flexibility index (Phi) is 7.65. The third kappa shape index (κ3) is 5.94. The van der Waals surface area contributed by atoms with Gasteiger partial charge in [-0.15, -0.1) is 0 Å². The average Bonchev–Trinajstić information content (AvgIpc) is 2.99. The first-order chi connectivity index (χ1) is 16.5. The molecule has 2 aliphatic rings. The number of benzene rings is 1. The molecule has 1 aromatic heterocycles. The zero-order valence-corrected chi connectivity index (χ0v) is 21.4. The number of nitrogens with zero attached hydrogens (tertiary/aromatic N) is 2. The van der Waals surface area contributed by atoms with Crippen molar-refractivity contribution in [3.05, 3.63) is 46.2 Å². The normalized spacial score (nSPS) is 23.6. The number of piperidine rings is 1. The quantitative estimate of drug-likeness (QED) is 0.470. The maximum Gasteiger partial charge on any atom is 0.264 e. The number of para-hydroxylation sites is 1. The zero-order chi connectivity index (χ0) is 25.3. The molecule has 192 valence electrons. The van der Waals surface area contributed by atoms with Crippen molar-refractivity contribution in [1.82, 2.24) is 20.1 Å². The molecule has 0 saturated carbocycles. The van der Waals surface area contributed by atoms with E-state index >= 15 is 0 Å². The first kappa shape index (κ1) is 25.8. The fraction of sp³-hybridized carbons (Fsp3) is 0.600. The Morgan fingerprint density at radius 3 is 2.46 bits per heavy atom. The van der Waals surface area contributed by atoms with Crippen LogP contribution in [0.25, 0.3) is 10.9 Å². The van der Waals surface area contributed by atoms with E-state index in [1.54, 1.807) is 10.6 Å². The van der Waals surface area contributed by atoms with Crippen molar-refractivity contribution in [1.29, 1.82) is 0 Å². The second-order valence-corrected chi connectivity index (χ2v) is 12.4. The van der Waals surface area contributed by atoms with Gasteiger partial charge in [0.2, 0.25) is 0 Å². The molecule has 4 atom stereocenters. The molecular formula is C25H36N4O5S. The number of nitrogens with one attached hydrogen (secondary N) is 2. The third-order valence-corrected chi connectivity index (χ3v) is 7.82. The van der Waals surface area contributed by atoms with E-state index in [0.29, 0.717) is 6.54 Å². The molecular weight excluding hydrogens is 468 g/mol. The summed E-state index contributed by atoms with van der Waals surface area (Å²) in [7, 11) is -3.13. The second kappa shape index (κ2) is 10.4. The standard InChI is InChI=1S/C25H36N4O5S/c1-16(2)29-23-7-5-4-6-17(23)10-22(25(29)32)24(31)27-18-11-19-8-9-20(12-18)28(19)14-21(30)13-26-15-35(3,33)34/h4-7,10,16,18-21,26,30H,8-9,11-15H2,1-3H3,(H,27,31)/t18-,19-,20+,21-/m0/s1. The van der Waals surface area contributed by atoms with E-state index in [-0.39, 0.29) is 53.6 Å². The number of aromatic nitrogens is 1. The van der Waals surface area contributed by atoms with Gasteiger partial charge in [-0.1, -0.05) is 18.2 Å². The Balaban J connectivity index is 1.41. The molecule has 0 aliphatic carbocycles. The molecule has 2 aromatic rings. The number of carbonyl (C=O) groups is 1. The van der Waals surface area contributed by atoms with Crippen LogP contribution >= 0.6 is 0 Å². The van der Waals surface area contributed by atoms with Gasteiger partial charge in [-0.25, -0.2) is 8.42 Å². The number of hydrogen-bond donors (Lipinski definition) is 3. The summed E-state index contributed by atoms with van der Waals surface area (Å²) in [6, 6.07) is 9.68. The largest absolute Gasteiger partial charge is 0.390 e. The highest BCUT2D eigenvalue weighted by atomic mass is 32.2. The molecule has 2 saturated heterocycles. The van der Waals surface area contributed by atoms with Crippen LogP contribution in [0.4, 0.5) is 0 Å². The van der Waals surface area contributed by atoms with Crippen LogP contribution in [-0.2, 0) is 9.84 Å². The molecule has 1 aromatic carbocycles. The van der Waals surface area contributed by atoms with E-state index < -0.39 is 15.9 Å². The smallest absolute Gasteiger partial charge is 0.264 e. The van der Waals surface area contributed by atoms with Crippen molar-refractivity contribution in [2.45, 2.75) is 69.8 Å². The minimum absolute atomic E-state index is 0.0323. The van der Waals surface area contributed by atoms with Crippen LogP contribution in [0.5, 0.6) is 0 Å². The van der Waals surface area contributed by atoms with E-state index in [1.165, 1.54) is 0 Å². The molecule has 0 unspecified atom stereocenters. The minimum Gasteiger partial charge on any atom is -0.390 e. The lowest BCUT2D eigenvalue weighted by molar-refractivity contribution is 0.0509. The zero-order valence-electron chi connectivity index (χ0n) is 20.6. The lowest BCUT2D eigenvalue weighted by Gasteiger charge is -2.40. The summed E-state index contributed by atoms with van der Waals surface area (Å²) in [6.07, 6.45) is 4.00. The van der Waals surface area contributed by atoms with Gasteiger partial charge in [-0.3, -0.25) is 14.5 Å². The number of rotatable bonds is 9. The molecule has 3 N–H and O–H groups in total. The molecule has 3 heterocycles. The van der Waals surface area contributed by atoms with E-state index in [2.05, 4.69) is 15.5 Å². The van der Waals surface area contributed by atoms with Crippen molar-refractivity contribution in [2.24, 2.45) is 0 Å². The van der Waals surface area contributed by atoms with Gasteiger partial charge in [0.15, 0.2) is 9.84 Å². The van der Waals surface area contributed by atoms with Gasteiger partial charge in [-0.05, 0) is 57.0 Å². The molecule has 9 nitrogen and oxygen atoms in total. The van der Waals surface area contributed by atoms with Crippen molar-refractivity contribution in [3.63, 3.8) is 0 Å². The molecule has 2 fully saturated rings. The summed E-state index contributed by atoms with van der Waals surface area (Å²) in [4.78, 5) is 28.7. The Bertz CT molecular complexity index is 1230. The van der Waals surface area contributed by atoms with Crippen LogP contribution in [0.15, 0.2) is 35.1 Å². The summed E-state index contributed by atoms with van der Waals surface area (Å²) < 4.78 is 24.2. The van der Waals surface area contributed by atoms with Crippen LogP contribution in [0, 0.1) is 0 Å². The number of sulfone groups is 1. The summed E-state index contributed by atoms with van der Waals surface area (Å²) in [5.74, 6) is -0.490. The predicted octanol–water partition coefficient (Wildman–Crippen LogP) is 1.26. The van der Waals surface area contributed by atoms with E-state index in [1.807, 2.05) is 38.1 Å². The Morgan fingerprint density at radius 1 is 1.17 bits per heavy atom. The van der Waals surface area contributed by atoms with Gasteiger partial charge in [0.1, 0.15) is 5.56 Å². The summed E-state index contributed by atoms with van der Waals surface area (Å²) in [6.45, 7) is 4.56. The number of carbonyl (C=O) groups excluding carboxylic acids is 1. The molecule has 4 rings (SSSR count). The van der Waals surface area contributed by atoms with Crippen LogP contribution in [0.2, 0.25) is 0 Å². The maximum atomic E-state index is 13.2. The average molecular weight is 505 g/mol. The number of pyridine rings is 1. The van der Waals surface area contributed by atoms with Crippen molar-refractivity contribution in [2.75, 3.05) is 25.2 Å². The first-order valence-corrected chi connectivity index (χ1v) is 14.4. The molecule has 10 heteroatoms. The molecule has 0 spiro atoms. The van der Waals surface area contributed by atoms with Gasteiger partial charge >= 0.3 is 0 Å². The van der Waals surface area contributed by atoms with Crippen LogP contribution in [0.3, 0.4) is 0 Å². The Morgan fingerprint density at radius 2 is 1.83 bits per heavy atom. The molecule has 35 heavy (non-hydrogen) atoms. The molecule has 2 aliphatic heterocycles. The van der Waals surface area contributed by atoms with E-state index in [0.717, 1.165) is 42.8 Å². The van der Waals surface area contributed by atoms with Gasteiger partial charge < -0.3 is 20.3 Å². The van der Waals surface area contributed by atoms with Crippen LogP contribution < -0.4 is 16.2 Å². The second-order valence-electron chi connectivity index (χ2n) is 10.3. The lowest BCUT2D eigenvalue weighted by atomic mass is 9.96. The van der Waals surface area contributed by atoms with E-state index in [4.69, 9.17) is 0 Å². The van der Waals surface area contributed by atoms with E-state index in [9.17, 15) is 23.1 Å². The highest BCUT2D eigenvalue weighted by Gasteiger charge is 2.41. The molecule has 1 amide bonds. The monoisotopic (exact) mass is 504 g/mol. The number of amides is 1. The summed E-state index contributed by atoms with van der Waals surface area (Å²) in [5.41, 5.74) is 0.709. The van der Waals surface area contributed by atoms with Crippen LogP contribution in [-0.4, -0.2) is 78.4 Å². The first-order valence-electron chi connectivity index (χ1n) is 12.3. The predicted molar refractivity (Wildman–Crippen MR) is 136 cm³/mol. The van der Waals surface area contributed by atoms with Gasteiger partial charge in [0, 0.05) is 43.5 Å². The highest BCUT2D eigenvalue weighted by Crippen LogP contribution is 2.35. The van der Waals surface area contributed by atoms with Gasteiger partial charge in [0.05, 0.1) is 17.5 Å². The summed E-state index contributed by atoms with van der Waals surface area (Å²) in [5, 5.41) is 17.2. The van der Waals surface area contributed by atoms with Crippen LogP contribution in [0.1, 0.15) is 55.9 Å². The molecule has 0 radical (unpaired) electrons. The Labute approximate surface area is 206 Å². The number of aliphatic hydroxyl groups excluding tert-OH is 1.